The number of halogens is 1. The van der Waals surface area contributed by atoms with Gasteiger partial charge < -0.3 is 19.8 Å². The average Bonchev–Trinajstić information content (AvgIpc) is 3.21. The van der Waals surface area contributed by atoms with Crippen molar-refractivity contribution >= 4 is 40.8 Å². The van der Waals surface area contributed by atoms with Crippen molar-refractivity contribution < 1.29 is 28.5 Å². The molecule has 10 nitrogen and oxygen atoms in total. The molecule has 11 heteroatoms. The number of carbonyl (C=O) groups excluding carboxylic acids is 3. The van der Waals surface area contributed by atoms with Crippen LogP contribution in [-0.4, -0.2) is 35.4 Å². The molecule has 1 heterocycles. The van der Waals surface area contributed by atoms with Crippen LogP contribution in [0.15, 0.2) is 41.0 Å². The zero-order valence-corrected chi connectivity index (χ0v) is 16.1. The number of hydrogen-bond donors (Lipinski definition) is 2. The molecule has 0 aliphatic carbocycles. The standard InChI is InChI=1S/C18H18ClN3O7/c1-11(17(24)21-14-7-6-12(22(26)27)10-13(14)19)29-16(23)5-2-8-20-18(25)15-4-3-9-28-15/h3-4,6-7,9-11H,2,5,8H2,1H3,(H,20,25)(H,21,24). The van der Waals surface area contributed by atoms with Crippen LogP contribution in [0.4, 0.5) is 11.4 Å². The second kappa shape index (κ2) is 10.2. The van der Waals surface area contributed by atoms with E-state index in [1.54, 1.807) is 6.07 Å². The number of furan rings is 1. The van der Waals surface area contributed by atoms with Crippen LogP contribution in [0.5, 0.6) is 0 Å². The molecular formula is C18H18ClN3O7. The molecule has 0 fully saturated rings. The Kier molecular flexibility index (Phi) is 7.72. The van der Waals surface area contributed by atoms with Crippen molar-refractivity contribution in [2.45, 2.75) is 25.9 Å². The Morgan fingerprint density at radius 1 is 1.31 bits per heavy atom. The summed E-state index contributed by atoms with van der Waals surface area (Å²) in [6.45, 7) is 1.61. The predicted molar refractivity (Wildman–Crippen MR) is 103 cm³/mol. The Bertz CT molecular complexity index is 899. The van der Waals surface area contributed by atoms with Gasteiger partial charge in [0.05, 0.1) is 21.9 Å². The number of nitro benzene ring substituents is 1. The minimum Gasteiger partial charge on any atom is -0.459 e. The molecule has 0 spiro atoms. The van der Waals surface area contributed by atoms with E-state index in [9.17, 15) is 24.5 Å². The first-order valence-electron chi connectivity index (χ1n) is 8.54. The molecule has 0 radical (unpaired) electrons. The summed E-state index contributed by atoms with van der Waals surface area (Å²) in [6, 6.07) is 6.68. The van der Waals surface area contributed by atoms with Gasteiger partial charge in [-0.2, -0.15) is 0 Å². The number of hydrogen-bond acceptors (Lipinski definition) is 7. The monoisotopic (exact) mass is 423 g/mol. The number of non-ortho nitro benzene ring substituents is 1. The zero-order chi connectivity index (χ0) is 21.4. The number of nitro groups is 1. The number of esters is 1. The Balaban J connectivity index is 1.73. The first kappa shape index (κ1) is 21.9. The average molecular weight is 424 g/mol. The number of rotatable bonds is 9. The lowest BCUT2D eigenvalue weighted by Gasteiger charge is -2.14. The lowest BCUT2D eigenvalue weighted by molar-refractivity contribution is -0.384. The Morgan fingerprint density at radius 3 is 2.69 bits per heavy atom. The maximum atomic E-state index is 12.1. The molecule has 2 N–H and O–H groups in total. The molecule has 1 atom stereocenters. The fourth-order valence-corrected chi connectivity index (χ4v) is 2.41. The Labute approximate surface area is 170 Å². The molecule has 0 saturated heterocycles. The van der Waals surface area contributed by atoms with Crippen molar-refractivity contribution in [2.75, 3.05) is 11.9 Å². The fraction of sp³-hybridized carbons (Fsp3) is 0.278. The zero-order valence-electron chi connectivity index (χ0n) is 15.3. The van der Waals surface area contributed by atoms with E-state index in [0.29, 0.717) is 6.42 Å². The summed E-state index contributed by atoms with van der Waals surface area (Å²) in [5, 5.41) is 15.7. The van der Waals surface area contributed by atoms with Crippen LogP contribution in [0.25, 0.3) is 0 Å². The maximum Gasteiger partial charge on any atom is 0.306 e. The SMILES string of the molecule is CC(OC(=O)CCCNC(=O)c1ccco1)C(=O)Nc1ccc([N+](=O)[O-])cc1Cl. The lowest BCUT2D eigenvalue weighted by Crippen LogP contribution is -2.30. The molecule has 1 aromatic carbocycles. The first-order valence-corrected chi connectivity index (χ1v) is 8.91. The van der Waals surface area contributed by atoms with E-state index in [2.05, 4.69) is 10.6 Å². The maximum absolute atomic E-state index is 12.1. The highest BCUT2D eigenvalue weighted by Gasteiger charge is 2.19. The second-order valence-electron chi connectivity index (χ2n) is 5.88. The van der Waals surface area contributed by atoms with Crippen LogP contribution in [0.3, 0.4) is 0 Å². The molecule has 2 amide bonds. The van der Waals surface area contributed by atoms with Crippen molar-refractivity contribution in [1.82, 2.24) is 5.32 Å². The summed E-state index contributed by atoms with van der Waals surface area (Å²) < 4.78 is 9.97. The van der Waals surface area contributed by atoms with Crippen LogP contribution in [-0.2, 0) is 14.3 Å². The van der Waals surface area contributed by atoms with Crippen LogP contribution in [0.1, 0.15) is 30.3 Å². The van der Waals surface area contributed by atoms with Crippen LogP contribution < -0.4 is 10.6 Å². The Morgan fingerprint density at radius 2 is 2.07 bits per heavy atom. The smallest absolute Gasteiger partial charge is 0.306 e. The van der Waals surface area contributed by atoms with Gasteiger partial charge in [0.15, 0.2) is 11.9 Å². The number of nitrogens with zero attached hydrogens (tertiary/aromatic N) is 1. The van der Waals surface area contributed by atoms with Gasteiger partial charge in [0, 0.05) is 25.1 Å². The van der Waals surface area contributed by atoms with Crippen LogP contribution in [0.2, 0.25) is 5.02 Å². The third-order valence-corrected chi connectivity index (χ3v) is 4.00. The van der Waals surface area contributed by atoms with Crippen LogP contribution >= 0.6 is 11.6 Å². The molecule has 0 bridgehead atoms. The summed E-state index contributed by atoms with van der Waals surface area (Å²) in [4.78, 5) is 45.7. The van der Waals surface area contributed by atoms with Crippen LogP contribution in [0, 0.1) is 10.1 Å². The van der Waals surface area contributed by atoms with Crippen molar-refractivity contribution in [3.8, 4) is 0 Å². The number of nitrogens with one attached hydrogen (secondary N) is 2. The minimum atomic E-state index is -1.11. The number of carbonyl (C=O) groups is 3. The summed E-state index contributed by atoms with van der Waals surface area (Å²) in [5.74, 6) is -1.48. The molecule has 2 rings (SSSR count). The highest BCUT2D eigenvalue weighted by atomic mass is 35.5. The molecule has 1 aromatic heterocycles. The number of anilines is 1. The minimum absolute atomic E-state index is 0.00561. The van der Waals surface area contributed by atoms with Gasteiger partial charge in [0.2, 0.25) is 0 Å². The third-order valence-electron chi connectivity index (χ3n) is 3.69. The molecule has 29 heavy (non-hydrogen) atoms. The van der Waals surface area contributed by atoms with E-state index < -0.39 is 28.8 Å². The number of ether oxygens (including phenoxy) is 1. The van der Waals surface area contributed by atoms with Gasteiger partial charge in [0.1, 0.15) is 0 Å². The molecule has 0 aliphatic rings. The molecule has 154 valence electrons. The predicted octanol–water partition coefficient (Wildman–Crippen LogP) is 2.92. The second-order valence-corrected chi connectivity index (χ2v) is 6.29. The van der Waals surface area contributed by atoms with Gasteiger partial charge >= 0.3 is 5.97 Å². The third kappa shape index (κ3) is 6.61. The fourth-order valence-electron chi connectivity index (χ4n) is 2.19. The molecular weight excluding hydrogens is 406 g/mol. The summed E-state index contributed by atoms with van der Waals surface area (Å²) in [6.07, 6.45) is 0.580. The van der Waals surface area contributed by atoms with Crippen molar-refractivity contribution in [3.63, 3.8) is 0 Å². The van der Waals surface area contributed by atoms with E-state index in [0.717, 1.165) is 6.07 Å². The van der Waals surface area contributed by atoms with Gasteiger partial charge in [0.25, 0.3) is 17.5 Å². The lowest BCUT2D eigenvalue weighted by atomic mass is 10.2. The quantitative estimate of drug-likeness (QED) is 0.273. The van der Waals surface area contributed by atoms with E-state index in [1.165, 1.54) is 31.4 Å². The van der Waals surface area contributed by atoms with Gasteiger partial charge in [-0.1, -0.05) is 11.6 Å². The highest BCUT2D eigenvalue weighted by Crippen LogP contribution is 2.26. The van der Waals surface area contributed by atoms with Gasteiger partial charge in [-0.05, 0) is 31.5 Å². The van der Waals surface area contributed by atoms with E-state index in [-0.39, 0.29) is 35.1 Å². The van der Waals surface area contributed by atoms with Gasteiger partial charge in [-0.15, -0.1) is 0 Å². The number of benzene rings is 1. The summed E-state index contributed by atoms with van der Waals surface area (Å²) >= 11 is 5.91. The topological polar surface area (TPSA) is 141 Å². The Hall–Kier alpha value is -3.40. The molecule has 0 saturated carbocycles. The molecule has 1 unspecified atom stereocenters. The molecule has 0 aliphatic heterocycles. The van der Waals surface area contributed by atoms with Crippen molar-refractivity contribution in [2.24, 2.45) is 0 Å². The van der Waals surface area contributed by atoms with E-state index in [1.807, 2.05) is 0 Å². The summed E-state index contributed by atoms with van der Waals surface area (Å²) in [5.41, 5.74) is -0.0579. The normalized spacial score (nSPS) is 11.4. The first-order chi connectivity index (χ1) is 13.8. The number of amides is 2. The highest BCUT2D eigenvalue weighted by molar-refractivity contribution is 6.34. The largest absolute Gasteiger partial charge is 0.459 e. The molecule has 2 aromatic rings. The van der Waals surface area contributed by atoms with Gasteiger partial charge in [-0.3, -0.25) is 24.5 Å². The van der Waals surface area contributed by atoms with Crippen molar-refractivity contribution in [3.05, 3.63) is 57.5 Å². The van der Waals surface area contributed by atoms with E-state index >= 15 is 0 Å². The van der Waals surface area contributed by atoms with Crippen molar-refractivity contribution in [1.29, 1.82) is 0 Å². The van der Waals surface area contributed by atoms with E-state index in [4.69, 9.17) is 20.8 Å². The van der Waals surface area contributed by atoms with Gasteiger partial charge in [-0.25, -0.2) is 0 Å². The summed E-state index contributed by atoms with van der Waals surface area (Å²) in [7, 11) is 0.